The number of urea groups is 1. The lowest BCUT2D eigenvalue weighted by atomic mass is 10.2. The minimum Gasteiger partial charge on any atom is -0.480 e. The van der Waals surface area contributed by atoms with Gasteiger partial charge in [-0.25, -0.2) is 14.6 Å². The molecule has 1 saturated heterocycles. The van der Waals surface area contributed by atoms with Gasteiger partial charge in [0.2, 0.25) is 0 Å². The number of amides is 2. The third-order valence-electron chi connectivity index (χ3n) is 3.41. The number of carboxylic acid groups (broad SMARTS) is 1. The predicted molar refractivity (Wildman–Crippen MR) is 77.4 cm³/mol. The molecule has 7 nitrogen and oxygen atoms in total. The summed E-state index contributed by atoms with van der Waals surface area (Å²) in [5.41, 5.74) is 3.13. The molecule has 1 fully saturated rings. The summed E-state index contributed by atoms with van der Waals surface area (Å²) >= 11 is 1.46. The monoisotopic (exact) mass is 307 g/mol. The van der Waals surface area contributed by atoms with Gasteiger partial charge >= 0.3 is 12.0 Å². The first-order valence-electron chi connectivity index (χ1n) is 6.36. The number of nitrogens with zero attached hydrogens (tertiary/aromatic N) is 2. The normalized spacial score (nSPS) is 21.7. The summed E-state index contributed by atoms with van der Waals surface area (Å²) in [5.74, 6) is -1.11. The highest BCUT2D eigenvalue weighted by Gasteiger charge is 2.38. The van der Waals surface area contributed by atoms with Gasteiger partial charge in [-0.1, -0.05) is 0 Å². The fraction of sp³-hybridized carbons (Fsp3) is 0.308. The lowest BCUT2D eigenvalue weighted by Gasteiger charge is -2.21. The number of rotatable bonds is 2. The van der Waals surface area contributed by atoms with Crippen molar-refractivity contribution in [1.29, 1.82) is 0 Å². The summed E-state index contributed by atoms with van der Waals surface area (Å²) in [6, 6.07) is 3.76. The van der Waals surface area contributed by atoms with Crippen molar-refractivity contribution >= 4 is 39.2 Å². The van der Waals surface area contributed by atoms with Crippen molar-refractivity contribution in [1.82, 2.24) is 9.88 Å². The number of β-amino-alcohol motifs (C(OH)–C–C–N with tert-alkyl or cyclic N) is 1. The second kappa shape index (κ2) is 5.30. The molecule has 3 rings (SSSR count). The number of fused-ring (bicyclic) bond motifs is 1. The maximum atomic E-state index is 12.2. The Labute approximate surface area is 123 Å². The number of anilines is 1. The molecule has 2 aromatic rings. The van der Waals surface area contributed by atoms with Crippen molar-refractivity contribution in [2.45, 2.75) is 18.6 Å². The predicted octanol–water partition coefficient (Wildman–Crippen LogP) is 1.35. The van der Waals surface area contributed by atoms with Gasteiger partial charge in [-0.05, 0) is 18.2 Å². The fourth-order valence-corrected chi connectivity index (χ4v) is 3.12. The first kappa shape index (κ1) is 13.8. The van der Waals surface area contributed by atoms with Crippen LogP contribution >= 0.6 is 11.3 Å². The SMILES string of the molecule is O=C(O)[C@@H]1C[C@@H](O)CN1C(=O)Nc1ccc2ncsc2c1. The number of aromatic nitrogens is 1. The summed E-state index contributed by atoms with van der Waals surface area (Å²) in [6.07, 6.45) is -0.753. The lowest BCUT2D eigenvalue weighted by Crippen LogP contribution is -2.43. The van der Waals surface area contributed by atoms with E-state index in [1.165, 1.54) is 11.3 Å². The number of hydrogen-bond acceptors (Lipinski definition) is 5. The minimum absolute atomic E-state index is 0.0194. The van der Waals surface area contributed by atoms with Crippen LogP contribution in [0.15, 0.2) is 23.7 Å². The zero-order valence-electron chi connectivity index (χ0n) is 10.9. The second-order valence-electron chi connectivity index (χ2n) is 4.86. The van der Waals surface area contributed by atoms with Gasteiger partial charge in [-0.3, -0.25) is 0 Å². The smallest absolute Gasteiger partial charge is 0.326 e. The fourth-order valence-electron chi connectivity index (χ4n) is 2.40. The first-order chi connectivity index (χ1) is 10.0. The Bertz CT molecular complexity index is 702. The average molecular weight is 307 g/mol. The van der Waals surface area contributed by atoms with Gasteiger partial charge in [-0.2, -0.15) is 0 Å². The van der Waals surface area contributed by atoms with Gasteiger partial charge in [-0.15, -0.1) is 11.3 Å². The highest BCUT2D eigenvalue weighted by molar-refractivity contribution is 7.16. The molecule has 0 radical (unpaired) electrons. The Morgan fingerprint density at radius 2 is 2.24 bits per heavy atom. The summed E-state index contributed by atoms with van der Waals surface area (Å²) in [5, 5.41) is 21.3. The van der Waals surface area contributed by atoms with Crippen LogP contribution in [-0.4, -0.2) is 50.8 Å². The van der Waals surface area contributed by atoms with Crippen LogP contribution in [0.2, 0.25) is 0 Å². The van der Waals surface area contributed by atoms with Crippen LogP contribution < -0.4 is 5.32 Å². The number of likely N-dealkylation sites (tertiary alicyclic amines) is 1. The molecule has 0 saturated carbocycles. The molecule has 1 aromatic carbocycles. The number of thiazole rings is 1. The molecule has 21 heavy (non-hydrogen) atoms. The quantitative estimate of drug-likeness (QED) is 0.777. The molecule has 110 valence electrons. The Morgan fingerprint density at radius 1 is 1.43 bits per heavy atom. The molecule has 1 aromatic heterocycles. The van der Waals surface area contributed by atoms with E-state index in [1.54, 1.807) is 23.7 Å². The average Bonchev–Trinajstić information content (AvgIpc) is 3.04. The van der Waals surface area contributed by atoms with Gasteiger partial charge < -0.3 is 20.4 Å². The van der Waals surface area contributed by atoms with Gasteiger partial charge in [0, 0.05) is 18.7 Å². The van der Waals surface area contributed by atoms with Crippen molar-refractivity contribution in [3.63, 3.8) is 0 Å². The van der Waals surface area contributed by atoms with Crippen molar-refractivity contribution in [2.24, 2.45) is 0 Å². The van der Waals surface area contributed by atoms with Crippen LogP contribution in [0.4, 0.5) is 10.5 Å². The highest BCUT2D eigenvalue weighted by atomic mass is 32.1. The number of benzene rings is 1. The molecule has 0 spiro atoms. The molecule has 1 aliphatic rings. The zero-order valence-corrected chi connectivity index (χ0v) is 11.7. The van der Waals surface area contributed by atoms with Crippen LogP contribution in [-0.2, 0) is 4.79 Å². The molecular formula is C13H13N3O4S. The molecular weight excluding hydrogens is 294 g/mol. The van der Waals surface area contributed by atoms with Crippen LogP contribution in [0.5, 0.6) is 0 Å². The van der Waals surface area contributed by atoms with E-state index < -0.39 is 24.1 Å². The molecule has 3 N–H and O–H groups in total. The van der Waals surface area contributed by atoms with E-state index >= 15 is 0 Å². The van der Waals surface area contributed by atoms with E-state index in [4.69, 9.17) is 5.11 Å². The number of aliphatic hydroxyl groups excluding tert-OH is 1. The summed E-state index contributed by atoms with van der Waals surface area (Å²) in [6.45, 7) is 0.0194. The summed E-state index contributed by atoms with van der Waals surface area (Å²) < 4.78 is 0.934. The van der Waals surface area contributed by atoms with Gasteiger partial charge in [0.25, 0.3) is 0 Å². The van der Waals surface area contributed by atoms with Crippen LogP contribution in [0.1, 0.15) is 6.42 Å². The summed E-state index contributed by atoms with van der Waals surface area (Å²) in [7, 11) is 0. The maximum absolute atomic E-state index is 12.2. The largest absolute Gasteiger partial charge is 0.480 e. The van der Waals surface area contributed by atoms with E-state index in [2.05, 4.69) is 10.3 Å². The lowest BCUT2D eigenvalue weighted by molar-refractivity contribution is -0.141. The Balaban J connectivity index is 1.77. The molecule has 2 amide bonds. The molecule has 0 unspecified atom stereocenters. The van der Waals surface area contributed by atoms with Gasteiger partial charge in [0.1, 0.15) is 6.04 Å². The molecule has 0 aliphatic carbocycles. The Kier molecular flexibility index (Phi) is 3.48. The number of carboxylic acids is 1. The standard InChI is InChI=1S/C13H13N3O4S/c17-8-4-10(12(18)19)16(5-8)13(20)15-7-1-2-9-11(3-7)21-6-14-9/h1-3,6,8,10,17H,4-5H2,(H,15,20)(H,18,19)/t8-,10+/m1/s1. The number of aliphatic hydroxyl groups is 1. The van der Waals surface area contributed by atoms with Crippen molar-refractivity contribution < 1.29 is 19.8 Å². The number of nitrogens with one attached hydrogen (secondary N) is 1. The minimum atomic E-state index is -1.11. The van der Waals surface area contributed by atoms with E-state index in [9.17, 15) is 14.7 Å². The van der Waals surface area contributed by atoms with Gasteiger partial charge in [0.05, 0.1) is 21.8 Å². The molecule has 2 heterocycles. The van der Waals surface area contributed by atoms with Crippen molar-refractivity contribution in [3.05, 3.63) is 23.7 Å². The topological polar surface area (TPSA) is 103 Å². The van der Waals surface area contributed by atoms with Crippen molar-refractivity contribution in [3.8, 4) is 0 Å². The molecule has 8 heteroatoms. The maximum Gasteiger partial charge on any atom is 0.326 e. The van der Waals surface area contributed by atoms with E-state index in [0.29, 0.717) is 5.69 Å². The number of aliphatic carboxylic acids is 1. The van der Waals surface area contributed by atoms with Crippen LogP contribution in [0.3, 0.4) is 0 Å². The highest BCUT2D eigenvalue weighted by Crippen LogP contribution is 2.23. The first-order valence-corrected chi connectivity index (χ1v) is 7.24. The van der Waals surface area contributed by atoms with Gasteiger partial charge in [0.15, 0.2) is 0 Å². The number of carbonyl (C=O) groups is 2. The zero-order chi connectivity index (χ0) is 15.0. The van der Waals surface area contributed by atoms with E-state index in [-0.39, 0.29) is 13.0 Å². The van der Waals surface area contributed by atoms with Crippen LogP contribution in [0, 0.1) is 0 Å². The number of hydrogen-bond donors (Lipinski definition) is 3. The summed E-state index contributed by atoms with van der Waals surface area (Å²) in [4.78, 5) is 28.6. The number of carbonyl (C=O) groups excluding carboxylic acids is 1. The van der Waals surface area contributed by atoms with Crippen LogP contribution in [0.25, 0.3) is 10.2 Å². The third kappa shape index (κ3) is 2.67. The molecule has 0 bridgehead atoms. The Morgan fingerprint density at radius 3 is 3.00 bits per heavy atom. The van der Waals surface area contributed by atoms with Crippen molar-refractivity contribution in [2.75, 3.05) is 11.9 Å². The van der Waals surface area contributed by atoms with E-state index in [1.807, 2.05) is 0 Å². The Hall–Kier alpha value is -2.19. The third-order valence-corrected chi connectivity index (χ3v) is 4.20. The van der Waals surface area contributed by atoms with E-state index in [0.717, 1.165) is 15.1 Å². The molecule has 2 atom stereocenters. The second-order valence-corrected chi connectivity index (χ2v) is 5.75. The molecule has 1 aliphatic heterocycles.